The van der Waals surface area contributed by atoms with E-state index in [1.54, 1.807) is 48.5 Å². The molecule has 0 bridgehead atoms. The van der Waals surface area contributed by atoms with Crippen LogP contribution in [-0.2, 0) is 16.0 Å². The number of hydrogen-bond acceptors (Lipinski definition) is 6. The van der Waals surface area contributed by atoms with Crippen molar-refractivity contribution in [3.63, 3.8) is 0 Å². The number of carbonyl (C=O) groups excluding carboxylic acids is 2. The number of rotatable bonds is 7. The van der Waals surface area contributed by atoms with Gasteiger partial charge in [0.2, 0.25) is 0 Å². The maximum Gasteiger partial charge on any atom is 0.415 e. The van der Waals surface area contributed by atoms with Gasteiger partial charge in [-0.05, 0) is 36.2 Å². The lowest BCUT2D eigenvalue weighted by atomic mass is 10.1. The lowest BCUT2D eigenvalue weighted by Crippen LogP contribution is -2.39. The van der Waals surface area contributed by atoms with Gasteiger partial charge in [0, 0.05) is 12.6 Å². The summed E-state index contributed by atoms with van der Waals surface area (Å²) in [5, 5.41) is 9.32. The van der Waals surface area contributed by atoms with Crippen molar-refractivity contribution in [2.45, 2.75) is 6.42 Å². The van der Waals surface area contributed by atoms with Gasteiger partial charge in [0.25, 0.3) is 0 Å². The first kappa shape index (κ1) is 19.1. The summed E-state index contributed by atoms with van der Waals surface area (Å²) in [6.07, 6.45) is -0.174. The van der Waals surface area contributed by atoms with Crippen molar-refractivity contribution in [3.05, 3.63) is 54.1 Å². The van der Waals surface area contributed by atoms with Crippen LogP contribution >= 0.6 is 0 Å². The maximum atomic E-state index is 12.5. The van der Waals surface area contributed by atoms with E-state index in [0.29, 0.717) is 17.9 Å². The molecule has 0 aromatic heterocycles. The van der Waals surface area contributed by atoms with E-state index >= 15 is 0 Å². The Hall–Kier alpha value is -3.22. The van der Waals surface area contributed by atoms with Crippen molar-refractivity contribution in [1.82, 2.24) is 4.90 Å². The first-order chi connectivity index (χ1) is 12.5. The van der Waals surface area contributed by atoms with Crippen LogP contribution in [0, 0.1) is 0 Å². The number of aromatic hydroxyl groups is 1. The molecule has 2 aromatic rings. The molecule has 0 spiro atoms. The van der Waals surface area contributed by atoms with E-state index in [2.05, 4.69) is 4.74 Å². The van der Waals surface area contributed by atoms with Crippen LogP contribution in [0.25, 0.3) is 0 Å². The lowest BCUT2D eigenvalue weighted by Gasteiger charge is -2.21. The van der Waals surface area contributed by atoms with E-state index in [4.69, 9.17) is 9.47 Å². The van der Waals surface area contributed by atoms with Gasteiger partial charge in [-0.2, -0.15) is 0 Å². The van der Waals surface area contributed by atoms with Crippen LogP contribution in [0.1, 0.15) is 5.56 Å². The number of esters is 1. The molecule has 7 nitrogen and oxygen atoms in total. The molecule has 0 aliphatic rings. The van der Waals surface area contributed by atoms with Crippen molar-refractivity contribution in [2.75, 3.05) is 27.3 Å². The van der Waals surface area contributed by atoms with Crippen LogP contribution < -0.4 is 9.47 Å². The molecule has 0 saturated heterocycles. The molecule has 0 unspecified atom stereocenters. The Kier molecular flexibility index (Phi) is 6.84. The monoisotopic (exact) mass is 359 g/mol. The molecule has 26 heavy (non-hydrogen) atoms. The van der Waals surface area contributed by atoms with E-state index in [1.807, 2.05) is 0 Å². The number of ether oxygens (including phenoxy) is 3. The van der Waals surface area contributed by atoms with Gasteiger partial charge in [-0.1, -0.05) is 18.2 Å². The van der Waals surface area contributed by atoms with Crippen molar-refractivity contribution < 1.29 is 28.9 Å². The average Bonchev–Trinajstić information content (AvgIpc) is 2.66. The minimum Gasteiger partial charge on any atom is -0.508 e. The molecule has 0 saturated carbocycles. The predicted octanol–water partition coefficient (Wildman–Crippen LogP) is 2.62. The second kappa shape index (κ2) is 9.31. The van der Waals surface area contributed by atoms with E-state index < -0.39 is 12.1 Å². The molecule has 0 heterocycles. The van der Waals surface area contributed by atoms with E-state index in [9.17, 15) is 14.7 Å². The highest BCUT2D eigenvalue weighted by atomic mass is 16.6. The molecule has 0 radical (unpaired) electrons. The average molecular weight is 359 g/mol. The Morgan fingerprint density at radius 3 is 2.38 bits per heavy atom. The van der Waals surface area contributed by atoms with Crippen LogP contribution in [0.15, 0.2) is 48.5 Å². The fourth-order valence-electron chi connectivity index (χ4n) is 2.21. The van der Waals surface area contributed by atoms with Crippen LogP contribution in [0.3, 0.4) is 0 Å². The minimum atomic E-state index is -0.664. The second-order valence-electron chi connectivity index (χ2n) is 5.46. The third kappa shape index (κ3) is 5.70. The van der Waals surface area contributed by atoms with Crippen LogP contribution in [0.5, 0.6) is 17.2 Å². The Labute approximate surface area is 151 Å². The first-order valence-corrected chi connectivity index (χ1v) is 7.97. The number of carbonyl (C=O) groups is 2. The topological polar surface area (TPSA) is 85.3 Å². The third-order valence-electron chi connectivity index (χ3n) is 3.66. The normalized spacial score (nSPS) is 10.1. The van der Waals surface area contributed by atoms with Gasteiger partial charge in [-0.25, -0.2) is 4.79 Å². The summed E-state index contributed by atoms with van der Waals surface area (Å²) < 4.78 is 15.1. The molecular weight excluding hydrogens is 338 g/mol. The van der Waals surface area contributed by atoms with Crippen molar-refractivity contribution in [1.29, 1.82) is 0 Å². The SMILES string of the molecule is COC(=O)CN(CCc1ccc(O)cc1)C(=O)Oc1cccc(OC)c1. The molecule has 1 N–H and O–H groups in total. The number of hydrogen-bond donors (Lipinski definition) is 1. The molecule has 1 amide bonds. The number of phenols is 1. The smallest absolute Gasteiger partial charge is 0.415 e. The molecule has 0 aliphatic heterocycles. The van der Waals surface area contributed by atoms with Gasteiger partial charge in [0.1, 0.15) is 23.8 Å². The summed E-state index contributed by atoms with van der Waals surface area (Å²) in [6.45, 7) is 0.0278. The number of benzene rings is 2. The molecule has 0 aliphatic carbocycles. The fraction of sp³-hybridized carbons (Fsp3) is 0.263. The summed E-state index contributed by atoms with van der Waals surface area (Å²) in [4.78, 5) is 25.3. The quantitative estimate of drug-likeness (QED) is 0.765. The Morgan fingerprint density at radius 1 is 1.04 bits per heavy atom. The highest BCUT2D eigenvalue weighted by molar-refractivity contribution is 5.79. The number of phenolic OH excluding ortho intramolecular Hbond substituents is 1. The Balaban J connectivity index is 2.05. The first-order valence-electron chi connectivity index (χ1n) is 7.97. The van der Waals surface area contributed by atoms with Crippen LogP contribution in [-0.4, -0.2) is 49.4 Å². The molecule has 2 rings (SSSR count). The van der Waals surface area contributed by atoms with Gasteiger partial charge >= 0.3 is 12.1 Å². The molecule has 7 heteroatoms. The number of amides is 1. The summed E-state index contributed by atoms with van der Waals surface area (Å²) >= 11 is 0. The molecule has 0 fully saturated rings. The van der Waals surface area contributed by atoms with Crippen molar-refractivity contribution in [3.8, 4) is 17.2 Å². The summed E-state index contributed by atoms with van der Waals surface area (Å²) in [5.41, 5.74) is 0.909. The van der Waals surface area contributed by atoms with Gasteiger partial charge < -0.3 is 19.3 Å². The van der Waals surface area contributed by atoms with Gasteiger partial charge in [0.05, 0.1) is 14.2 Å². The molecule has 138 valence electrons. The Bertz CT molecular complexity index is 744. The lowest BCUT2D eigenvalue weighted by molar-refractivity contribution is -0.141. The van der Waals surface area contributed by atoms with Crippen molar-refractivity contribution >= 4 is 12.1 Å². The summed E-state index contributed by atoms with van der Waals surface area (Å²) in [7, 11) is 2.77. The Morgan fingerprint density at radius 2 is 1.73 bits per heavy atom. The highest BCUT2D eigenvalue weighted by Gasteiger charge is 2.20. The molecule has 2 aromatic carbocycles. The fourth-order valence-corrected chi connectivity index (χ4v) is 2.21. The predicted molar refractivity (Wildman–Crippen MR) is 94.4 cm³/mol. The standard InChI is InChI=1S/C19H21NO6/c1-24-16-4-3-5-17(12-16)26-19(23)20(13-18(22)25-2)11-10-14-6-8-15(21)9-7-14/h3-9,12,21H,10-11,13H2,1-2H3. The highest BCUT2D eigenvalue weighted by Crippen LogP contribution is 2.19. The number of nitrogens with zero attached hydrogens (tertiary/aromatic N) is 1. The van der Waals surface area contributed by atoms with E-state index in [-0.39, 0.29) is 18.8 Å². The van der Waals surface area contributed by atoms with E-state index in [1.165, 1.54) is 19.1 Å². The third-order valence-corrected chi connectivity index (χ3v) is 3.66. The van der Waals surface area contributed by atoms with Gasteiger partial charge in [0.15, 0.2) is 0 Å². The zero-order valence-electron chi connectivity index (χ0n) is 14.7. The summed E-state index contributed by atoms with van der Waals surface area (Å²) in [5.74, 6) is 0.490. The van der Waals surface area contributed by atoms with Gasteiger partial charge in [-0.15, -0.1) is 0 Å². The summed E-state index contributed by atoms with van der Waals surface area (Å²) in [6, 6.07) is 13.3. The molecular formula is C19H21NO6. The van der Waals surface area contributed by atoms with E-state index in [0.717, 1.165) is 5.56 Å². The van der Waals surface area contributed by atoms with Gasteiger partial charge in [-0.3, -0.25) is 9.69 Å². The molecule has 0 atom stereocenters. The van der Waals surface area contributed by atoms with Crippen molar-refractivity contribution in [2.24, 2.45) is 0 Å². The van der Waals surface area contributed by atoms with Crippen LogP contribution in [0.2, 0.25) is 0 Å². The number of methoxy groups -OCH3 is 2. The second-order valence-corrected chi connectivity index (χ2v) is 5.46. The minimum absolute atomic E-state index is 0.164. The maximum absolute atomic E-state index is 12.5. The zero-order chi connectivity index (χ0) is 18.9. The van der Waals surface area contributed by atoms with Crippen LogP contribution in [0.4, 0.5) is 4.79 Å². The zero-order valence-corrected chi connectivity index (χ0v) is 14.7. The largest absolute Gasteiger partial charge is 0.508 e.